The summed E-state index contributed by atoms with van der Waals surface area (Å²) in [6.07, 6.45) is 3.06. The molecule has 1 aliphatic heterocycles. The maximum atomic E-state index is 13.3. The average Bonchev–Trinajstić information content (AvgIpc) is 3.11. The van der Waals surface area contributed by atoms with Gasteiger partial charge in [-0.25, -0.2) is 4.68 Å². The van der Waals surface area contributed by atoms with E-state index in [1.165, 1.54) is 5.56 Å². The first-order chi connectivity index (χ1) is 13.4. The molecule has 1 fully saturated rings. The number of hydrogen-bond donors (Lipinski definition) is 1. The number of aromatic nitrogens is 2. The maximum absolute atomic E-state index is 13.3. The largest absolute Gasteiger partial charge is 0.392 e. The molecular formula is C22H32N4O2. The van der Waals surface area contributed by atoms with Crippen LogP contribution in [0.4, 0.5) is 0 Å². The van der Waals surface area contributed by atoms with E-state index in [1.807, 2.05) is 28.6 Å². The van der Waals surface area contributed by atoms with Crippen molar-refractivity contribution < 1.29 is 9.90 Å². The third kappa shape index (κ3) is 4.28. The maximum Gasteiger partial charge on any atom is 0.257 e. The molecule has 1 amide bonds. The van der Waals surface area contributed by atoms with Gasteiger partial charge in [0.1, 0.15) is 0 Å². The van der Waals surface area contributed by atoms with E-state index in [2.05, 4.69) is 42.9 Å². The van der Waals surface area contributed by atoms with Crippen molar-refractivity contribution in [2.45, 2.75) is 52.7 Å². The van der Waals surface area contributed by atoms with Crippen LogP contribution in [0.3, 0.4) is 0 Å². The zero-order valence-electron chi connectivity index (χ0n) is 17.4. The first-order valence-electron chi connectivity index (χ1n) is 10.3. The topological polar surface area (TPSA) is 61.6 Å². The van der Waals surface area contributed by atoms with Gasteiger partial charge >= 0.3 is 0 Å². The van der Waals surface area contributed by atoms with Gasteiger partial charge in [0.15, 0.2) is 0 Å². The second kappa shape index (κ2) is 8.88. The molecule has 0 spiro atoms. The van der Waals surface area contributed by atoms with Crippen LogP contribution in [0.15, 0.2) is 30.5 Å². The Bertz CT molecular complexity index is 797. The molecule has 0 radical (unpaired) electrons. The van der Waals surface area contributed by atoms with E-state index in [9.17, 15) is 9.90 Å². The van der Waals surface area contributed by atoms with E-state index in [1.54, 1.807) is 6.20 Å². The summed E-state index contributed by atoms with van der Waals surface area (Å²) < 4.78 is 1.88. The molecule has 2 atom stereocenters. The number of carbonyl (C=O) groups excluding carboxylic acids is 1. The molecule has 2 unspecified atom stereocenters. The first-order valence-corrected chi connectivity index (χ1v) is 10.3. The van der Waals surface area contributed by atoms with E-state index in [-0.39, 0.29) is 18.1 Å². The lowest BCUT2D eigenvalue weighted by atomic mass is 10.1. The second-order valence-electron chi connectivity index (χ2n) is 7.76. The lowest BCUT2D eigenvalue weighted by molar-refractivity contribution is 0.0309. The van der Waals surface area contributed by atoms with E-state index >= 15 is 0 Å². The third-order valence-electron chi connectivity index (χ3n) is 5.57. The summed E-state index contributed by atoms with van der Waals surface area (Å²) in [6.45, 7) is 10.9. The fourth-order valence-electron chi connectivity index (χ4n) is 4.02. The summed E-state index contributed by atoms with van der Waals surface area (Å²) in [4.78, 5) is 17.5. The van der Waals surface area contributed by atoms with Crippen molar-refractivity contribution in [3.05, 3.63) is 47.3 Å². The summed E-state index contributed by atoms with van der Waals surface area (Å²) in [6, 6.07) is 8.48. The van der Waals surface area contributed by atoms with Crippen LogP contribution in [0.5, 0.6) is 0 Å². The minimum atomic E-state index is -0.351. The Hall–Kier alpha value is -2.18. The van der Waals surface area contributed by atoms with Gasteiger partial charge in [0.2, 0.25) is 0 Å². The monoisotopic (exact) mass is 384 g/mol. The van der Waals surface area contributed by atoms with Crippen molar-refractivity contribution in [2.24, 2.45) is 0 Å². The van der Waals surface area contributed by atoms with E-state index in [4.69, 9.17) is 0 Å². The smallest absolute Gasteiger partial charge is 0.257 e. The SMILES string of the molecule is CCc1c(C(=O)N2CCN(CC(C)O)C(CC)C2)cnn1-c1ccc(C)cc1. The van der Waals surface area contributed by atoms with Gasteiger partial charge in [-0.1, -0.05) is 31.5 Å². The number of β-amino-alcohol motifs (C(OH)–C–C–N with tert-alkyl or cyclic N) is 1. The fraction of sp³-hybridized carbons (Fsp3) is 0.545. The molecular weight excluding hydrogens is 352 g/mol. The summed E-state index contributed by atoms with van der Waals surface area (Å²) in [5.74, 6) is 0.0605. The Labute approximate surface area is 167 Å². The molecule has 3 rings (SSSR count). The minimum absolute atomic E-state index is 0.0605. The highest BCUT2D eigenvalue weighted by molar-refractivity contribution is 5.95. The number of aryl methyl sites for hydroxylation is 1. The highest BCUT2D eigenvalue weighted by Gasteiger charge is 2.31. The number of amides is 1. The summed E-state index contributed by atoms with van der Waals surface area (Å²) in [7, 11) is 0. The molecule has 1 aromatic carbocycles. The Balaban J connectivity index is 1.80. The van der Waals surface area contributed by atoms with Crippen molar-refractivity contribution in [2.75, 3.05) is 26.2 Å². The molecule has 0 bridgehead atoms. The van der Waals surface area contributed by atoms with E-state index in [0.717, 1.165) is 30.8 Å². The molecule has 0 saturated carbocycles. The van der Waals surface area contributed by atoms with Crippen molar-refractivity contribution in [3.8, 4) is 5.69 Å². The number of rotatable bonds is 6. The molecule has 1 saturated heterocycles. The van der Waals surface area contributed by atoms with Crippen molar-refractivity contribution >= 4 is 5.91 Å². The molecule has 6 heteroatoms. The molecule has 152 valence electrons. The number of aliphatic hydroxyl groups is 1. The zero-order chi connectivity index (χ0) is 20.3. The number of nitrogens with zero attached hydrogens (tertiary/aromatic N) is 4. The van der Waals surface area contributed by atoms with Crippen molar-refractivity contribution in [3.63, 3.8) is 0 Å². The van der Waals surface area contributed by atoms with E-state index in [0.29, 0.717) is 25.2 Å². The number of carbonyl (C=O) groups is 1. The standard InChI is InChI=1S/C22H32N4O2/c1-5-18-15-25(12-11-24(18)14-17(4)27)22(28)20-13-23-26(21(20)6-2)19-9-7-16(3)8-10-19/h7-10,13,17-18,27H,5-6,11-12,14-15H2,1-4H3. The van der Waals surface area contributed by atoms with Gasteiger partial charge in [0.25, 0.3) is 5.91 Å². The lowest BCUT2D eigenvalue weighted by Crippen LogP contribution is -2.55. The first kappa shape index (κ1) is 20.6. The van der Waals surface area contributed by atoms with Gasteiger partial charge in [0, 0.05) is 32.2 Å². The van der Waals surface area contributed by atoms with Crippen molar-refractivity contribution in [1.82, 2.24) is 19.6 Å². The predicted molar refractivity (Wildman–Crippen MR) is 111 cm³/mol. The highest BCUT2D eigenvalue weighted by Crippen LogP contribution is 2.21. The number of aliphatic hydroxyl groups excluding tert-OH is 1. The molecule has 0 aliphatic carbocycles. The van der Waals surface area contributed by atoms with Crippen LogP contribution in [0.1, 0.15) is 48.8 Å². The fourth-order valence-corrected chi connectivity index (χ4v) is 4.02. The Morgan fingerprint density at radius 1 is 1.25 bits per heavy atom. The van der Waals surface area contributed by atoms with Crippen LogP contribution < -0.4 is 0 Å². The normalized spacial score (nSPS) is 19.0. The highest BCUT2D eigenvalue weighted by atomic mass is 16.3. The van der Waals surface area contributed by atoms with Crippen LogP contribution in [-0.4, -0.2) is 68.9 Å². The van der Waals surface area contributed by atoms with Crippen LogP contribution in [0, 0.1) is 6.92 Å². The number of piperazine rings is 1. The van der Waals surface area contributed by atoms with Crippen molar-refractivity contribution in [1.29, 1.82) is 0 Å². The van der Waals surface area contributed by atoms with Gasteiger partial charge in [0.05, 0.1) is 29.2 Å². The number of benzene rings is 1. The Morgan fingerprint density at radius 3 is 2.57 bits per heavy atom. The number of hydrogen-bond acceptors (Lipinski definition) is 4. The van der Waals surface area contributed by atoms with E-state index < -0.39 is 0 Å². The van der Waals surface area contributed by atoms with Gasteiger partial charge in [-0.05, 0) is 38.8 Å². The molecule has 28 heavy (non-hydrogen) atoms. The quantitative estimate of drug-likeness (QED) is 0.832. The molecule has 6 nitrogen and oxygen atoms in total. The van der Waals surface area contributed by atoms with Crippen LogP contribution in [0.25, 0.3) is 5.69 Å². The lowest BCUT2D eigenvalue weighted by Gasteiger charge is -2.41. The predicted octanol–water partition coefficient (Wildman–Crippen LogP) is 2.66. The molecule has 2 heterocycles. The molecule has 1 N–H and O–H groups in total. The van der Waals surface area contributed by atoms with Gasteiger partial charge in [-0.15, -0.1) is 0 Å². The Kier molecular flexibility index (Phi) is 6.52. The van der Waals surface area contributed by atoms with Crippen LogP contribution >= 0.6 is 0 Å². The third-order valence-corrected chi connectivity index (χ3v) is 5.57. The summed E-state index contributed by atoms with van der Waals surface area (Å²) in [5.41, 5.74) is 3.83. The minimum Gasteiger partial charge on any atom is -0.392 e. The van der Waals surface area contributed by atoms with Gasteiger partial charge in [-0.2, -0.15) is 5.10 Å². The average molecular weight is 385 g/mol. The van der Waals surface area contributed by atoms with Crippen LogP contribution in [-0.2, 0) is 6.42 Å². The van der Waals surface area contributed by atoms with Gasteiger partial charge in [-0.3, -0.25) is 9.69 Å². The van der Waals surface area contributed by atoms with Gasteiger partial charge < -0.3 is 10.0 Å². The second-order valence-corrected chi connectivity index (χ2v) is 7.76. The molecule has 1 aliphatic rings. The summed E-state index contributed by atoms with van der Waals surface area (Å²) in [5, 5.41) is 14.3. The summed E-state index contributed by atoms with van der Waals surface area (Å²) >= 11 is 0. The zero-order valence-corrected chi connectivity index (χ0v) is 17.4. The Morgan fingerprint density at radius 2 is 1.96 bits per heavy atom. The van der Waals surface area contributed by atoms with Crippen LogP contribution in [0.2, 0.25) is 0 Å². The molecule has 1 aromatic heterocycles. The molecule has 2 aromatic rings.